The van der Waals surface area contributed by atoms with Crippen molar-refractivity contribution < 1.29 is 5.11 Å². The first-order valence-electron chi connectivity index (χ1n) is 3.54. The molecule has 0 spiro atoms. The molecule has 5 nitrogen and oxygen atoms in total. The van der Waals surface area contributed by atoms with Crippen molar-refractivity contribution in [2.75, 3.05) is 6.73 Å². The molecule has 2 N–H and O–H groups in total. The zero-order chi connectivity index (χ0) is 8.39. The van der Waals surface area contributed by atoms with Gasteiger partial charge in [-0.2, -0.15) is 5.10 Å². The smallest absolute Gasteiger partial charge is 0.135 e. The van der Waals surface area contributed by atoms with E-state index in [0.29, 0.717) is 0 Å². The van der Waals surface area contributed by atoms with Gasteiger partial charge >= 0.3 is 0 Å². The van der Waals surface area contributed by atoms with Crippen molar-refractivity contribution in [3.63, 3.8) is 0 Å². The van der Waals surface area contributed by atoms with Crippen LogP contribution in [0.25, 0.3) is 6.20 Å². The third-order valence-electron chi connectivity index (χ3n) is 1.55. The van der Waals surface area contributed by atoms with E-state index in [2.05, 4.69) is 15.6 Å². The second-order valence-corrected chi connectivity index (χ2v) is 2.36. The van der Waals surface area contributed by atoms with Crippen LogP contribution in [-0.2, 0) is 0 Å². The molecule has 1 aromatic heterocycles. The van der Waals surface area contributed by atoms with Crippen LogP contribution in [0.3, 0.4) is 0 Å². The van der Waals surface area contributed by atoms with E-state index >= 15 is 0 Å². The van der Waals surface area contributed by atoms with Crippen molar-refractivity contribution in [2.24, 2.45) is 5.10 Å². The minimum atomic E-state index is -0.125. The maximum absolute atomic E-state index is 8.76. The molecule has 1 aliphatic heterocycles. The summed E-state index contributed by atoms with van der Waals surface area (Å²) in [4.78, 5) is 4.08. The van der Waals surface area contributed by atoms with Crippen LogP contribution in [0.5, 0.6) is 0 Å². The number of aliphatic hydroxyl groups excluding tert-OH is 1. The van der Waals surface area contributed by atoms with Gasteiger partial charge in [-0.15, -0.1) is 0 Å². The lowest BCUT2D eigenvalue weighted by Crippen LogP contribution is -2.44. The monoisotopic (exact) mass is 164 g/mol. The largest absolute Gasteiger partial charge is 0.375 e. The Labute approximate surface area is 68.6 Å². The Morgan fingerprint density at radius 3 is 3.33 bits per heavy atom. The SMILES string of the molecule is OCN1C=c2ncccc2=NN1. The van der Waals surface area contributed by atoms with E-state index in [-0.39, 0.29) is 6.73 Å². The summed E-state index contributed by atoms with van der Waals surface area (Å²) < 4.78 is 0. The lowest BCUT2D eigenvalue weighted by Gasteiger charge is -2.17. The minimum Gasteiger partial charge on any atom is -0.375 e. The molecule has 0 bridgehead atoms. The summed E-state index contributed by atoms with van der Waals surface area (Å²) in [5, 5.41) is 15.7. The van der Waals surface area contributed by atoms with Crippen LogP contribution in [-0.4, -0.2) is 21.8 Å². The number of aliphatic hydroxyl groups is 1. The molecule has 5 heteroatoms. The molecule has 62 valence electrons. The Balaban J connectivity index is 2.56. The molecule has 0 aromatic carbocycles. The highest BCUT2D eigenvalue weighted by atomic mass is 16.3. The Morgan fingerprint density at radius 2 is 2.50 bits per heavy atom. The molecular weight excluding hydrogens is 156 g/mol. The maximum atomic E-state index is 8.76. The number of fused-ring (bicyclic) bond motifs is 1. The molecule has 1 aromatic rings. The first kappa shape index (κ1) is 7.05. The predicted octanol–water partition coefficient (Wildman–Crippen LogP) is -1.88. The molecule has 0 unspecified atom stereocenters. The number of pyridine rings is 1. The highest BCUT2D eigenvalue weighted by Crippen LogP contribution is 1.81. The molecule has 0 aliphatic carbocycles. The lowest BCUT2D eigenvalue weighted by molar-refractivity contribution is 0.121. The Bertz CT molecular complexity index is 389. The fourth-order valence-corrected chi connectivity index (χ4v) is 0.970. The van der Waals surface area contributed by atoms with E-state index in [1.54, 1.807) is 12.4 Å². The standard InChI is InChI=1S/C7H8N4O/c12-5-11-4-7-6(9-10-11)2-1-3-8-7/h1-4,10,12H,5H2. The Kier molecular flexibility index (Phi) is 1.64. The average molecular weight is 164 g/mol. The van der Waals surface area contributed by atoms with Gasteiger partial charge in [0.1, 0.15) is 17.4 Å². The third-order valence-corrected chi connectivity index (χ3v) is 1.55. The van der Waals surface area contributed by atoms with Gasteiger partial charge in [-0.3, -0.25) is 9.99 Å². The fraction of sp³-hybridized carbons (Fsp3) is 0.143. The number of hydrogen-bond acceptors (Lipinski definition) is 5. The number of nitrogens with one attached hydrogen (secondary N) is 1. The summed E-state index contributed by atoms with van der Waals surface area (Å²) in [5.74, 6) is 0. The van der Waals surface area contributed by atoms with Gasteiger partial charge in [0.15, 0.2) is 0 Å². The van der Waals surface area contributed by atoms with E-state index in [1.807, 2.05) is 12.1 Å². The highest BCUT2D eigenvalue weighted by molar-refractivity contribution is 5.17. The molecule has 0 amide bonds. The third kappa shape index (κ3) is 1.10. The van der Waals surface area contributed by atoms with Crippen molar-refractivity contribution in [2.45, 2.75) is 0 Å². The summed E-state index contributed by atoms with van der Waals surface area (Å²) in [6.07, 6.45) is 3.38. The van der Waals surface area contributed by atoms with Crippen LogP contribution in [0.2, 0.25) is 0 Å². The molecule has 12 heavy (non-hydrogen) atoms. The molecular formula is C7H8N4O. The van der Waals surface area contributed by atoms with E-state index in [4.69, 9.17) is 5.11 Å². The molecule has 2 rings (SSSR count). The van der Waals surface area contributed by atoms with Crippen molar-refractivity contribution in [1.82, 2.24) is 15.5 Å². The van der Waals surface area contributed by atoms with Gasteiger partial charge in [0.25, 0.3) is 0 Å². The molecule has 0 saturated carbocycles. The van der Waals surface area contributed by atoms with E-state index < -0.39 is 0 Å². The minimum absolute atomic E-state index is 0.125. The molecule has 1 aliphatic rings. The fourth-order valence-electron chi connectivity index (χ4n) is 0.970. The van der Waals surface area contributed by atoms with E-state index in [1.165, 1.54) is 5.01 Å². The van der Waals surface area contributed by atoms with Gasteiger partial charge < -0.3 is 5.11 Å². The van der Waals surface area contributed by atoms with Crippen LogP contribution in [0, 0.1) is 0 Å². The van der Waals surface area contributed by atoms with Crippen molar-refractivity contribution in [1.29, 1.82) is 0 Å². The summed E-state index contributed by atoms with van der Waals surface area (Å²) in [7, 11) is 0. The topological polar surface area (TPSA) is 60.8 Å². The maximum Gasteiger partial charge on any atom is 0.135 e. The predicted molar refractivity (Wildman–Crippen MR) is 41.5 cm³/mol. The zero-order valence-corrected chi connectivity index (χ0v) is 6.31. The molecule has 0 radical (unpaired) electrons. The quantitative estimate of drug-likeness (QED) is 0.510. The summed E-state index contributed by atoms with van der Waals surface area (Å²) in [6, 6.07) is 3.66. The number of rotatable bonds is 1. The number of hydrazine groups is 1. The Hall–Kier alpha value is -1.62. The second kappa shape index (κ2) is 2.78. The average Bonchev–Trinajstić information content (AvgIpc) is 2.17. The number of nitrogens with zero attached hydrogens (tertiary/aromatic N) is 3. The van der Waals surface area contributed by atoms with Gasteiger partial charge in [0, 0.05) is 6.20 Å². The van der Waals surface area contributed by atoms with Crippen molar-refractivity contribution >= 4 is 6.20 Å². The molecule has 0 atom stereocenters. The van der Waals surface area contributed by atoms with Gasteiger partial charge in [-0.05, 0) is 12.1 Å². The Morgan fingerprint density at radius 1 is 1.58 bits per heavy atom. The highest BCUT2D eigenvalue weighted by Gasteiger charge is 1.99. The molecule has 2 heterocycles. The summed E-state index contributed by atoms with van der Waals surface area (Å²) in [5.41, 5.74) is 2.64. The zero-order valence-electron chi connectivity index (χ0n) is 6.31. The van der Waals surface area contributed by atoms with Gasteiger partial charge in [-0.25, -0.2) is 5.53 Å². The molecule has 0 fully saturated rings. The van der Waals surface area contributed by atoms with Gasteiger partial charge in [0.05, 0.1) is 6.20 Å². The normalized spacial score (nSPS) is 13.9. The van der Waals surface area contributed by atoms with Crippen LogP contribution in [0.15, 0.2) is 23.4 Å². The van der Waals surface area contributed by atoms with E-state index in [9.17, 15) is 0 Å². The van der Waals surface area contributed by atoms with Crippen LogP contribution in [0.1, 0.15) is 0 Å². The first-order chi connectivity index (χ1) is 5.90. The second-order valence-electron chi connectivity index (χ2n) is 2.36. The molecule has 0 saturated heterocycles. The van der Waals surface area contributed by atoms with Crippen molar-refractivity contribution in [3.05, 3.63) is 29.0 Å². The van der Waals surface area contributed by atoms with Gasteiger partial charge in [-0.1, -0.05) is 0 Å². The lowest BCUT2D eigenvalue weighted by atomic mass is 10.4. The summed E-state index contributed by atoms with van der Waals surface area (Å²) >= 11 is 0. The van der Waals surface area contributed by atoms with Gasteiger partial charge in [0.2, 0.25) is 0 Å². The van der Waals surface area contributed by atoms with Crippen LogP contribution < -0.4 is 16.2 Å². The van der Waals surface area contributed by atoms with E-state index in [0.717, 1.165) is 10.7 Å². The number of aromatic nitrogens is 1. The van der Waals surface area contributed by atoms with Crippen molar-refractivity contribution in [3.8, 4) is 0 Å². The van der Waals surface area contributed by atoms with Crippen LogP contribution in [0.4, 0.5) is 0 Å². The van der Waals surface area contributed by atoms with Crippen LogP contribution >= 0.6 is 0 Å². The first-order valence-corrected chi connectivity index (χ1v) is 3.54. The summed E-state index contributed by atoms with van der Waals surface area (Å²) in [6.45, 7) is -0.125. The number of hydrogen-bond donors (Lipinski definition) is 2.